The van der Waals surface area contributed by atoms with Gasteiger partial charge in [0.2, 0.25) is 17.7 Å². The lowest BCUT2D eigenvalue weighted by atomic mass is 9.85. The number of ether oxygens (including phenoxy) is 1. The van der Waals surface area contributed by atoms with Crippen LogP contribution in [-0.4, -0.2) is 102 Å². The highest BCUT2D eigenvalue weighted by atomic mass is 32.1. The highest BCUT2D eigenvalue weighted by Crippen LogP contribution is 2.34. The van der Waals surface area contributed by atoms with Crippen LogP contribution in [0.1, 0.15) is 86.3 Å². The number of hydrogen-bond acceptors (Lipinski definition) is 10. The maximum atomic E-state index is 14.5. The molecule has 16 heteroatoms. The molecule has 0 radical (unpaired) electrons. The van der Waals surface area contributed by atoms with Crippen LogP contribution in [0.5, 0.6) is 5.88 Å². The molecule has 5 N–H and O–H groups in total. The van der Waals surface area contributed by atoms with Gasteiger partial charge in [0.25, 0.3) is 5.91 Å². The third-order valence-electron chi connectivity index (χ3n) is 9.01. The molecule has 284 valence electrons. The van der Waals surface area contributed by atoms with Crippen LogP contribution in [0.4, 0.5) is 4.79 Å². The fourth-order valence-electron chi connectivity index (χ4n) is 6.30. The van der Waals surface area contributed by atoms with Gasteiger partial charge in [0.1, 0.15) is 28.6 Å². The number of urea groups is 1. The Kier molecular flexibility index (Phi) is 11.5. The van der Waals surface area contributed by atoms with E-state index in [2.05, 4.69) is 26.4 Å². The van der Waals surface area contributed by atoms with Crippen LogP contribution in [0.3, 0.4) is 0 Å². The molecule has 3 aromatic heterocycles. The number of aryl methyl sites for hydroxylation is 2. The van der Waals surface area contributed by atoms with E-state index in [-0.39, 0.29) is 19.0 Å². The molecule has 4 heterocycles. The fraction of sp³-hybridized carbons (Fsp3) is 0.639. The van der Waals surface area contributed by atoms with Crippen molar-refractivity contribution in [3.8, 4) is 17.4 Å². The maximum absolute atomic E-state index is 14.5. The SMILES string of the molecule is CCC[C@H](NC(=O)[C@@H]1C[C@@H](Oc2nc(-c3cc(C)nn3C)nc3ccsc23)CN1C(=O)[C@@H](NC(=O)NC(C)(C)C)C(C)(C)C)C(O)C(=O)NC1CC1. The predicted octanol–water partition coefficient (Wildman–Crippen LogP) is 3.19. The Bertz CT molecular complexity index is 1790. The van der Waals surface area contributed by atoms with Crippen molar-refractivity contribution in [2.75, 3.05) is 6.54 Å². The Balaban J connectivity index is 1.46. The van der Waals surface area contributed by atoms with Gasteiger partial charge in [0.15, 0.2) is 11.9 Å². The van der Waals surface area contributed by atoms with E-state index in [1.807, 2.05) is 80.0 Å². The summed E-state index contributed by atoms with van der Waals surface area (Å²) >= 11 is 1.42. The van der Waals surface area contributed by atoms with Crippen LogP contribution in [-0.2, 0) is 21.4 Å². The first-order valence-electron chi connectivity index (χ1n) is 18.0. The zero-order valence-corrected chi connectivity index (χ0v) is 32.4. The average molecular weight is 740 g/mol. The summed E-state index contributed by atoms with van der Waals surface area (Å²) in [5, 5.41) is 28.7. The molecule has 5 atom stereocenters. The first kappa shape index (κ1) is 38.9. The van der Waals surface area contributed by atoms with Gasteiger partial charge in [0.05, 0.1) is 23.8 Å². The van der Waals surface area contributed by atoms with Crippen molar-refractivity contribution in [1.29, 1.82) is 0 Å². The van der Waals surface area contributed by atoms with Crippen molar-refractivity contribution in [3.63, 3.8) is 0 Å². The second-order valence-corrected chi connectivity index (χ2v) is 17.0. The fourth-order valence-corrected chi connectivity index (χ4v) is 7.06. The summed E-state index contributed by atoms with van der Waals surface area (Å²) < 4.78 is 8.98. The number of likely N-dealkylation sites (tertiary alicyclic amines) is 1. The minimum absolute atomic E-state index is 0.0201. The second kappa shape index (κ2) is 15.3. The number of aliphatic hydroxyl groups is 1. The van der Waals surface area contributed by atoms with E-state index in [9.17, 15) is 24.3 Å². The van der Waals surface area contributed by atoms with Gasteiger partial charge in [-0.15, -0.1) is 11.3 Å². The number of nitrogens with zero attached hydrogens (tertiary/aromatic N) is 5. The quantitative estimate of drug-likeness (QED) is 0.186. The van der Waals surface area contributed by atoms with Crippen molar-refractivity contribution in [3.05, 3.63) is 23.2 Å². The van der Waals surface area contributed by atoms with Gasteiger partial charge in [-0.25, -0.2) is 9.78 Å². The van der Waals surface area contributed by atoms with Crippen molar-refractivity contribution in [1.82, 2.24) is 45.9 Å². The van der Waals surface area contributed by atoms with Crippen LogP contribution in [0.25, 0.3) is 21.7 Å². The van der Waals surface area contributed by atoms with Gasteiger partial charge in [-0.2, -0.15) is 10.1 Å². The topological polar surface area (TPSA) is 193 Å². The lowest BCUT2D eigenvalue weighted by Crippen LogP contribution is -2.61. The average Bonchev–Trinajstić information content (AvgIpc) is 3.38. The van der Waals surface area contributed by atoms with Crippen LogP contribution >= 0.6 is 11.3 Å². The van der Waals surface area contributed by atoms with E-state index in [1.165, 1.54) is 16.2 Å². The van der Waals surface area contributed by atoms with Crippen LogP contribution in [0.15, 0.2) is 17.5 Å². The molecule has 2 fully saturated rings. The van der Waals surface area contributed by atoms with E-state index in [0.29, 0.717) is 40.5 Å². The molecule has 0 bridgehead atoms. The summed E-state index contributed by atoms with van der Waals surface area (Å²) in [6.07, 6.45) is 0.620. The first-order chi connectivity index (χ1) is 24.3. The highest BCUT2D eigenvalue weighted by Gasteiger charge is 2.47. The number of amides is 5. The molecular weight excluding hydrogens is 687 g/mol. The molecular formula is C36H53N9O6S. The predicted molar refractivity (Wildman–Crippen MR) is 198 cm³/mol. The molecule has 1 saturated carbocycles. The molecule has 3 aromatic rings. The van der Waals surface area contributed by atoms with Crippen molar-refractivity contribution in [2.45, 2.75) is 129 Å². The first-order valence-corrected chi connectivity index (χ1v) is 18.8. The molecule has 2 aliphatic rings. The molecule has 5 amide bonds. The zero-order valence-electron chi connectivity index (χ0n) is 31.6. The Morgan fingerprint density at radius 1 is 1.10 bits per heavy atom. The molecule has 1 unspecified atom stereocenters. The number of aliphatic hydroxyl groups excluding tert-OH is 1. The van der Waals surface area contributed by atoms with E-state index in [0.717, 1.165) is 18.5 Å². The zero-order chi connectivity index (χ0) is 38.1. The molecule has 5 rings (SSSR count). The standard InChI is InChI=1S/C36H53N9O6S/c1-10-11-22(26(46)31(48)37-20-12-13-20)39-30(47)25-17-21(18-45(25)33(49)28(35(3,4)5)40-34(50)42-36(6,7)8)51-32-27-23(14-15-52-27)38-29(41-32)24-16-19(2)43-44(24)9/h14-16,20-22,25-26,28,46H,10-13,17-18H2,1-9H3,(H,37,48)(H,39,47)(H2,40,42,50)/t21-,22+,25+,26?,28-/m1/s1. The van der Waals surface area contributed by atoms with Gasteiger partial charge in [-0.1, -0.05) is 34.1 Å². The summed E-state index contributed by atoms with van der Waals surface area (Å²) in [5.74, 6) is -0.785. The highest BCUT2D eigenvalue weighted by molar-refractivity contribution is 7.17. The summed E-state index contributed by atoms with van der Waals surface area (Å²) in [6.45, 7) is 14.9. The number of fused-ring (bicyclic) bond motifs is 1. The smallest absolute Gasteiger partial charge is 0.315 e. The Morgan fingerprint density at radius 2 is 1.81 bits per heavy atom. The molecule has 52 heavy (non-hydrogen) atoms. The molecule has 0 spiro atoms. The summed E-state index contributed by atoms with van der Waals surface area (Å²) in [7, 11) is 1.81. The van der Waals surface area contributed by atoms with Crippen molar-refractivity contribution < 1.29 is 29.0 Å². The number of carbonyl (C=O) groups excluding carboxylic acids is 4. The van der Waals surface area contributed by atoms with E-state index in [1.54, 1.807) is 4.68 Å². The molecule has 15 nitrogen and oxygen atoms in total. The number of carbonyl (C=O) groups is 4. The van der Waals surface area contributed by atoms with Crippen molar-refractivity contribution >= 4 is 45.3 Å². The normalized spacial score (nSPS) is 19.5. The summed E-state index contributed by atoms with van der Waals surface area (Å²) in [4.78, 5) is 65.6. The number of aromatic nitrogens is 4. The minimum atomic E-state index is -1.46. The Morgan fingerprint density at radius 3 is 2.40 bits per heavy atom. The van der Waals surface area contributed by atoms with Gasteiger partial charge in [-0.3, -0.25) is 19.1 Å². The molecule has 1 saturated heterocycles. The van der Waals surface area contributed by atoms with Crippen molar-refractivity contribution in [2.24, 2.45) is 12.5 Å². The van der Waals surface area contributed by atoms with E-state index in [4.69, 9.17) is 14.7 Å². The Hall–Kier alpha value is -4.31. The maximum Gasteiger partial charge on any atom is 0.315 e. The monoisotopic (exact) mass is 739 g/mol. The largest absolute Gasteiger partial charge is 0.471 e. The third-order valence-corrected chi connectivity index (χ3v) is 9.90. The number of thiophene rings is 1. The molecule has 0 aromatic carbocycles. The summed E-state index contributed by atoms with van der Waals surface area (Å²) in [5.41, 5.74) is 0.910. The Labute approximate surface area is 308 Å². The van der Waals surface area contributed by atoms with Gasteiger partial charge in [0, 0.05) is 25.0 Å². The lowest BCUT2D eigenvalue weighted by Gasteiger charge is -2.36. The minimum Gasteiger partial charge on any atom is -0.471 e. The van der Waals surface area contributed by atoms with Crippen LogP contribution < -0.4 is 26.0 Å². The number of hydrogen-bond donors (Lipinski definition) is 5. The van der Waals surface area contributed by atoms with E-state index >= 15 is 0 Å². The molecule has 1 aliphatic heterocycles. The van der Waals surface area contributed by atoms with Crippen LogP contribution in [0.2, 0.25) is 0 Å². The van der Waals surface area contributed by atoms with Gasteiger partial charge < -0.3 is 36.0 Å². The number of nitrogens with one attached hydrogen (secondary N) is 4. The van der Waals surface area contributed by atoms with Gasteiger partial charge in [-0.05, 0) is 69.9 Å². The summed E-state index contributed by atoms with van der Waals surface area (Å²) in [6, 6.07) is 0.371. The molecule has 1 aliphatic carbocycles. The van der Waals surface area contributed by atoms with Gasteiger partial charge >= 0.3 is 6.03 Å². The van der Waals surface area contributed by atoms with Crippen LogP contribution in [0, 0.1) is 12.3 Å². The number of rotatable bonds is 12. The third kappa shape index (κ3) is 9.37. The van der Waals surface area contributed by atoms with E-state index < -0.39 is 65.0 Å². The second-order valence-electron chi connectivity index (χ2n) is 16.0. The lowest BCUT2D eigenvalue weighted by molar-refractivity contribution is -0.143.